The second-order valence-electron chi connectivity index (χ2n) is 11.2. The van der Waals surface area contributed by atoms with E-state index in [1.807, 2.05) is 74.5 Å². The lowest BCUT2D eigenvalue weighted by Gasteiger charge is -2.39. The van der Waals surface area contributed by atoms with Gasteiger partial charge in [0.05, 0.1) is 18.8 Å². The van der Waals surface area contributed by atoms with Crippen molar-refractivity contribution in [3.8, 4) is 0 Å². The van der Waals surface area contributed by atoms with Gasteiger partial charge in [0.15, 0.2) is 14.4 Å². The highest BCUT2D eigenvalue weighted by atomic mass is 28.4. The third-order valence-corrected chi connectivity index (χ3v) is 12.6. The number of rotatable bonds is 13. The van der Waals surface area contributed by atoms with Crippen LogP contribution >= 0.6 is 0 Å². The van der Waals surface area contributed by atoms with E-state index in [1.165, 1.54) is 4.90 Å². The zero-order chi connectivity index (χ0) is 27.9. The average molecular weight is 540 g/mol. The summed E-state index contributed by atoms with van der Waals surface area (Å²) < 4.78 is 19.1. The number of hydrogen-bond acceptors (Lipinski definition) is 5. The number of cyclic esters (lactones) is 1. The molecular weight excluding hydrogens is 494 g/mol. The molecule has 2 aromatic carbocycles. The molecule has 208 valence electrons. The Bertz CT molecular complexity index is 1030. The number of hydrogen-bond donors (Lipinski definition) is 0. The Morgan fingerprint density at radius 3 is 1.97 bits per heavy atom. The maximum Gasteiger partial charge on any atom is 0.417 e. The topological polar surface area (TPSA) is 65.1 Å². The number of carbonyl (C=O) groups is 2. The highest BCUT2D eigenvalue weighted by molar-refractivity contribution is 6.73. The zero-order valence-electron chi connectivity index (χ0n) is 24.1. The van der Waals surface area contributed by atoms with E-state index >= 15 is 0 Å². The molecule has 3 atom stereocenters. The van der Waals surface area contributed by atoms with Crippen LogP contribution in [0.4, 0.5) is 4.79 Å². The first-order valence-electron chi connectivity index (χ1n) is 14.0. The lowest BCUT2D eigenvalue weighted by molar-refractivity contribution is -0.152. The summed E-state index contributed by atoms with van der Waals surface area (Å²) in [6.45, 7) is 14.6. The summed E-state index contributed by atoms with van der Waals surface area (Å²) in [6, 6.07) is 22.1. The fraction of sp³-hybridized carbons (Fsp3) is 0.548. The van der Waals surface area contributed by atoms with E-state index in [1.54, 1.807) is 0 Å². The van der Waals surface area contributed by atoms with Gasteiger partial charge in [0, 0.05) is 0 Å². The Kier molecular flexibility index (Phi) is 10.3. The van der Waals surface area contributed by atoms with E-state index in [0.29, 0.717) is 6.42 Å². The minimum Gasteiger partial charge on any atom is -0.441 e. The zero-order valence-corrected chi connectivity index (χ0v) is 25.1. The van der Waals surface area contributed by atoms with Crippen LogP contribution in [0.3, 0.4) is 0 Å². The molecule has 1 aliphatic rings. The first-order valence-corrected chi connectivity index (χ1v) is 16.5. The molecule has 0 aromatic heterocycles. The maximum atomic E-state index is 14.4. The minimum atomic E-state index is -2.09. The van der Waals surface area contributed by atoms with Crippen LogP contribution in [0.2, 0.25) is 18.1 Å². The van der Waals surface area contributed by atoms with Crippen molar-refractivity contribution in [1.82, 2.24) is 4.90 Å². The summed E-state index contributed by atoms with van der Waals surface area (Å²) >= 11 is 0. The predicted molar refractivity (Wildman–Crippen MR) is 153 cm³/mol. The highest BCUT2D eigenvalue weighted by Gasteiger charge is 2.53. The summed E-state index contributed by atoms with van der Waals surface area (Å²) in [7, 11) is -2.09. The van der Waals surface area contributed by atoms with Crippen LogP contribution in [0.5, 0.6) is 0 Å². The van der Waals surface area contributed by atoms with Crippen molar-refractivity contribution in [2.45, 2.75) is 103 Å². The van der Waals surface area contributed by atoms with Gasteiger partial charge >= 0.3 is 6.09 Å². The largest absolute Gasteiger partial charge is 0.441 e. The SMILES string of the molecule is CC[Si](CC)(CC)O[C@H](C(C)C)[C@H](OCc1ccccc1)C(=O)N1C(=O)OC(C)(C)[C@@H]1Cc1ccccc1. The van der Waals surface area contributed by atoms with E-state index in [0.717, 1.165) is 29.3 Å². The van der Waals surface area contributed by atoms with Gasteiger partial charge in [-0.1, -0.05) is 95.3 Å². The van der Waals surface area contributed by atoms with Crippen molar-refractivity contribution in [1.29, 1.82) is 0 Å². The monoisotopic (exact) mass is 539 g/mol. The number of benzene rings is 2. The van der Waals surface area contributed by atoms with Gasteiger partial charge in [-0.2, -0.15) is 0 Å². The first-order chi connectivity index (χ1) is 18.1. The highest BCUT2D eigenvalue weighted by Crippen LogP contribution is 2.35. The minimum absolute atomic E-state index is 0.00968. The van der Waals surface area contributed by atoms with Crippen molar-refractivity contribution >= 4 is 20.3 Å². The maximum absolute atomic E-state index is 14.4. The molecule has 2 amide bonds. The van der Waals surface area contributed by atoms with Gasteiger partial charge in [-0.05, 0) is 55.4 Å². The molecule has 38 heavy (non-hydrogen) atoms. The van der Waals surface area contributed by atoms with E-state index in [2.05, 4.69) is 34.6 Å². The van der Waals surface area contributed by atoms with Crippen molar-refractivity contribution < 1.29 is 23.5 Å². The normalized spacial score (nSPS) is 18.9. The van der Waals surface area contributed by atoms with E-state index in [4.69, 9.17) is 13.9 Å². The Morgan fingerprint density at radius 2 is 1.47 bits per heavy atom. The molecule has 0 N–H and O–H groups in total. The molecule has 0 saturated carbocycles. The molecule has 1 saturated heterocycles. The molecule has 0 bridgehead atoms. The third-order valence-electron chi connectivity index (χ3n) is 7.96. The molecule has 0 unspecified atom stereocenters. The number of nitrogens with zero attached hydrogens (tertiary/aromatic N) is 1. The second-order valence-corrected chi connectivity index (χ2v) is 15.9. The van der Waals surface area contributed by atoms with Crippen molar-refractivity contribution in [3.05, 3.63) is 71.8 Å². The number of imide groups is 1. The number of carbonyl (C=O) groups excluding carboxylic acids is 2. The number of amides is 2. The molecule has 3 rings (SSSR count). The lowest BCUT2D eigenvalue weighted by Crippen LogP contribution is -2.56. The average Bonchev–Trinajstić information content (AvgIpc) is 3.14. The predicted octanol–water partition coefficient (Wildman–Crippen LogP) is 6.99. The van der Waals surface area contributed by atoms with Crippen LogP contribution in [0.25, 0.3) is 0 Å². The Morgan fingerprint density at radius 1 is 0.947 bits per heavy atom. The molecule has 2 aromatic rings. The van der Waals surface area contributed by atoms with Crippen LogP contribution < -0.4 is 0 Å². The van der Waals surface area contributed by atoms with Gasteiger partial charge in [0.2, 0.25) is 0 Å². The lowest BCUT2D eigenvalue weighted by atomic mass is 9.91. The van der Waals surface area contributed by atoms with E-state index < -0.39 is 38.3 Å². The second kappa shape index (κ2) is 13.0. The Balaban J connectivity index is 2.00. The van der Waals surface area contributed by atoms with Gasteiger partial charge in [-0.25, -0.2) is 9.69 Å². The fourth-order valence-corrected chi connectivity index (χ4v) is 8.21. The molecule has 0 spiro atoms. The van der Waals surface area contributed by atoms with Gasteiger partial charge in [-0.15, -0.1) is 0 Å². The Labute approximate surface area is 229 Å². The summed E-state index contributed by atoms with van der Waals surface area (Å²) in [5, 5.41) is 0. The van der Waals surface area contributed by atoms with Crippen molar-refractivity contribution in [2.75, 3.05) is 0 Å². The van der Waals surface area contributed by atoms with Gasteiger partial charge in [0.25, 0.3) is 5.91 Å². The summed E-state index contributed by atoms with van der Waals surface area (Å²) in [5.74, 6) is -0.377. The standard InChI is InChI=1S/C31H45NO5Si/c1-8-38(9-2,10-3)37-27(23(4)5)28(35-22-25-19-15-12-16-20-25)29(33)32-26(31(6,7)36-30(32)34)21-24-17-13-11-14-18-24/h11-20,23,26-28H,8-10,21-22H2,1-7H3/t26-,27+,28-/m0/s1. The molecule has 7 heteroatoms. The van der Waals surface area contributed by atoms with Crippen molar-refractivity contribution in [3.63, 3.8) is 0 Å². The van der Waals surface area contributed by atoms with Gasteiger partial charge < -0.3 is 13.9 Å². The molecule has 6 nitrogen and oxygen atoms in total. The quantitative estimate of drug-likeness (QED) is 0.257. The van der Waals surface area contributed by atoms with Gasteiger partial charge in [0.1, 0.15) is 5.60 Å². The van der Waals surface area contributed by atoms with E-state index in [9.17, 15) is 9.59 Å². The summed E-state index contributed by atoms with van der Waals surface area (Å²) in [5.41, 5.74) is 1.16. The van der Waals surface area contributed by atoms with Crippen molar-refractivity contribution in [2.24, 2.45) is 5.92 Å². The fourth-order valence-electron chi connectivity index (χ4n) is 5.24. The van der Waals surface area contributed by atoms with Crippen LogP contribution in [-0.2, 0) is 31.7 Å². The summed E-state index contributed by atoms with van der Waals surface area (Å²) in [4.78, 5) is 28.9. The molecule has 1 heterocycles. The smallest absolute Gasteiger partial charge is 0.417 e. The molecular formula is C31H45NO5Si. The van der Waals surface area contributed by atoms with E-state index in [-0.39, 0.29) is 18.4 Å². The van der Waals surface area contributed by atoms with Gasteiger partial charge in [-0.3, -0.25) is 4.79 Å². The van der Waals surface area contributed by atoms with Crippen LogP contribution in [0, 0.1) is 5.92 Å². The Hall–Kier alpha value is -2.48. The summed E-state index contributed by atoms with van der Waals surface area (Å²) in [6.07, 6.45) is -1.54. The first kappa shape index (κ1) is 30.1. The van der Waals surface area contributed by atoms with Crippen LogP contribution in [0.1, 0.15) is 59.6 Å². The molecule has 1 fully saturated rings. The number of ether oxygens (including phenoxy) is 2. The van der Waals surface area contributed by atoms with Crippen LogP contribution in [-0.4, -0.2) is 49.1 Å². The molecule has 0 radical (unpaired) electrons. The third kappa shape index (κ3) is 6.93. The molecule has 0 aliphatic carbocycles. The molecule has 1 aliphatic heterocycles. The van der Waals surface area contributed by atoms with Crippen LogP contribution in [0.15, 0.2) is 60.7 Å².